The Morgan fingerprint density at radius 1 is 1.26 bits per heavy atom. The van der Waals surface area contributed by atoms with Crippen LogP contribution in [0.2, 0.25) is 0 Å². The molecule has 1 aromatic carbocycles. The Balaban J connectivity index is 2.17. The fraction of sp³-hybridized carbons (Fsp3) is 0.444. The quantitative estimate of drug-likeness (QED) is 0.298. The minimum atomic E-state index is -0.696. The van der Waals surface area contributed by atoms with E-state index >= 15 is 0 Å². The molecular weight excluding hydrogens is 358 g/mol. The number of carbonyl (C=O) groups excluding carboxylic acids is 2. The zero-order valence-electron chi connectivity index (χ0n) is 15.5. The molecule has 1 atom stereocenters. The summed E-state index contributed by atoms with van der Waals surface area (Å²) in [6, 6.07) is 3.12. The van der Waals surface area contributed by atoms with Crippen LogP contribution in [0.4, 0.5) is 5.69 Å². The topological polar surface area (TPSA) is 102 Å². The third kappa shape index (κ3) is 5.87. The average molecular weight is 381 g/mol. The van der Waals surface area contributed by atoms with Crippen LogP contribution in [0.1, 0.15) is 24.2 Å². The van der Waals surface area contributed by atoms with Crippen molar-refractivity contribution in [2.75, 3.05) is 38.9 Å². The number of anilines is 1. The van der Waals surface area contributed by atoms with Crippen molar-refractivity contribution < 1.29 is 38.3 Å². The minimum absolute atomic E-state index is 0.228. The van der Waals surface area contributed by atoms with Gasteiger partial charge in [-0.15, -0.1) is 0 Å². The van der Waals surface area contributed by atoms with E-state index in [4.69, 9.17) is 18.9 Å². The lowest BCUT2D eigenvalue weighted by molar-refractivity contribution is -0.264. The number of hydrogen-bond donors (Lipinski definition) is 1. The van der Waals surface area contributed by atoms with Crippen LogP contribution >= 0.6 is 0 Å². The molecule has 1 aromatic rings. The SMILES string of the molecule is CCOCC1COc2cc(C(=O)OC)c(NC=CC(=O)OOCC)cc2O1. The zero-order chi connectivity index (χ0) is 19.6. The van der Waals surface area contributed by atoms with Crippen molar-refractivity contribution in [1.82, 2.24) is 0 Å². The maximum Gasteiger partial charge on any atom is 0.367 e. The van der Waals surface area contributed by atoms with E-state index in [1.807, 2.05) is 6.92 Å². The molecule has 1 aliphatic rings. The molecule has 0 fully saturated rings. The number of carbonyl (C=O) groups is 2. The summed E-state index contributed by atoms with van der Waals surface area (Å²) in [5.41, 5.74) is 0.604. The fourth-order valence-electron chi connectivity index (χ4n) is 2.24. The smallest absolute Gasteiger partial charge is 0.367 e. The molecule has 0 bridgehead atoms. The van der Waals surface area contributed by atoms with Crippen molar-refractivity contribution in [3.05, 3.63) is 30.0 Å². The molecule has 0 radical (unpaired) electrons. The van der Waals surface area contributed by atoms with E-state index in [1.165, 1.54) is 19.4 Å². The molecule has 0 saturated heterocycles. The van der Waals surface area contributed by atoms with Crippen LogP contribution in [0.3, 0.4) is 0 Å². The summed E-state index contributed by atoms with van der Waals surface area (Å²) in [5.74, 6) is -0.385. The molecular formula is C18H23NO8. The Hall–Kier alpha value is -2.78. The predicted octanol–water partition coefficient (Wildman–Crippen LogP) is 2.07. The number of benzene rings is 1. The highest BCUT2D eigenvalue weighted by molar-refractivity contribution is 5.97. The van der Waals surface area contributed by atoms with Gasteiger partial charge in [0.15, 0.2) is 17.6 Å². The van der Waals surface area contributed by atoms with E-state index in [2.05, 4.69) is 15.1 Å². The molecule has 27 heavy (non-hydrogen) atoms. The first-order chi connectivity index (χ1) is 13.1. The minimum Gasteiger partial charge on any atom is -0.486 e. The van der Waals surface area contributed by atoms with Crippen LogP contribution in [0, 0.1) is 0 Å². The molecule has 1 unspecified atom stereocenters. The Labute approximate surface area is 157 Å². The monoisotopic (exact) mass is 381 g/mol. The van der Waals surface area contributed by atoms with Crippen molar-refractivity contribution in [2.45, 2.75) is 20.0 Å². The number of hydrogen-bond acceptors (Lipinski definition) is 9. The van der Waals surface area contributed by atoms with Crippen LogP contribution in [-0.2, 0) is 24.0 Å². The molecule has 0 aromatic heterocycles. The van der Waals surface area contributed by atoms with Crippen molar-refractivity contribution in [3.63, 3.8) is 0 Å². The summed E-state index contributed by atoms with van der Waals surface area (Å²) in [4.78, 5) is 32.5. The number of esters is 1. The van der Waals surface area contributed by atoms with Crippen molar-refractivity contribution >= 4 is 17.6 Å². The summed E-state index contributed by atoms with van der Waals surface area (Å²) in [6.45, 7) is 5.09. The third-order valence-electron chi connectivity index (χ3n) is 3.43. The highest BCUT2D eigenvalue weighted by Crippen LogP contribution is 2.37. The molecule has 0 amide bonds. The van der Waals surface area contributed by atoms with Gasteiger partial charge in [0.25, 0.3) is 0 Å². The van der Waals surface area contributed by atoms with Gasteiger partial charge in [-0.2, -0.15) is 4.89 Å². The van der Waals surface area contributed by atoms with Gasteiger partial charge >= 0.3 is 11.9 Å². The summed E-state index contributed by atoms with van der Waals surface area (Å²) >= 11 is 0. The van der Waals surface area contributed by atoms with Gasteiger partial charge in [-0.3, -0.25) is 4.89 Å². The van der Waals surface area contributed by atoms with Crippen molar-refractivity contribution in [2.24, 2.45) is 0 Å². The number of fused-ring (bicyclic) bond motifs is 1. The van der Waals surface area contributed by atoms with E-state index in [1.54, 1.807) is 13.0 Å². The van der Waals surface area contributed by atoms with Gasteiger partial charge in [-0.1, -0.05) is 0 Å². The maximum absolute atomic E-state index is 12.0. The van der Waals surface area contributed by atoms with Crippen LogP contribution in [0.5, 0.6) is 11.5 Å². The Morgan fingerprint density at radius 2 is 2.07 bits per heavy atom. The van der Waals surface area contributed by atoms with Gasteiger partial charge in [0.2, 0.25) is 0 Å². The second-order valence-corrected chi connectivity index (χ2v) is 5.33. The lowest BCUT2D eigenvalue weighted by Gasteiger charge is -2.27. The molecule has 1 heterocycles. The molecule has 0 aliphatic carbocycles. The molecule has 0 saturated carbocycles. The zero-order valence-corrected chi connectivity index (χ0v) is 15.5. The largest absolute Gasteiger partial charge is 0.486 e. The fourth-order valence-corrected chi connectivity index (χ4v) is 2.24. The molecule has 148 valence electrons. The predicted molar refractivity (Wildman–Crippen MR) is 94.7 cm³/mol. The van der Waals surface area contributed by atoms with Gasteiger partial charge in [0.1, 0.15) is 6.61 Å². The van der Waals surface area contributed by atoms with Gasteiger partial charge < -0.3 is 24.3 Å². The molecule has 1 aliphatic heterocycles. The van der Waals surface area contributed by atoms with Gasteiger partial charge in [-0.05, 0) is 13.8 Å². The molecule has 9 heteroatoms. The first-order valence-electron chi connectivity index (χ1n) is 8.49. The second kappa shape index (κ2) is 10.4. The van der Waals surface area contributed by atoms with Crippen LogP contribution in [-0.4, -0.2) is 51.6 Å². The van der Waals surface area contributed by atoms with E-state index < -0.39 is 11.9 Å². The molecule has 9 nitrogen and oxygen atoms in total. The summed E-state index contributed by atoms with van der Waals surface area (Å²) in [7, 11) is 1.27. The first kappa shape index (κ1) is 20.5. The summed E-state index contributed by atoms with van der Waals surface area (Å²) in [6.07, 6.45) is 2.17. The Bertz CT molecular complexity index is 688. The lowest BCUT2D eigenvalue weighted by atomic mass is 10.1. The standard InChI is InChI=1S/C18H23NO8/c1-4-23-10-12-11-24-15-8-13(18(21)22-3)14(9-16(15)26-12)19-7-6-17(20)27-25-5-2/h6-9,12,19H,4-5,10-11H2,1-3H3. The Kier molecular flexibility index (Phi) is 7.90. The lowest BCUT2D eigenvalue weighted by Crippen LogP contribution is -2.33. The second-order valence-electron chi connectivity index (χ2n) is 5.33. The third-order valence-corrected chi connectivity index (χ3v) is 3.43. The van der Waals surface area contributed by atoms with Gasteiger partial charge in [0.05, 0.1) is 31.6 Å². The molecule has 2 rings (SSSR count). The van der Waals surface area contributed by atoms with Gasteiger partial charge in [0, 0.05) is 31.0 Å². The highest BCUT2D eigenvalue weighted by atomic mass is 17.2. The normalized spacial score (nSPS) is 15.4. The number of rotatable bonds is 9. The van der Waals surface area contributed by atoms with E-state index in [0.717, 1.165) is 6.08 Å². The van der Waals surface area contributed by atoms with E-state index in [-0.39, 0.29) is 18.3 Å². The molecule has 0 spiro atoms. The Morgan fingerprint density at radius 3 is 2.78 bits per heavy atom. The molecule has 1 N–H and O–H groups in total. The number of methoxy groups -OCH3 is 1. The summed E-state index contributed by atoms with van der Waals surface area (Å²) in [5, 5.41) is 2.84. The summed E-state index contributed by atoms with van der Waals surface area (Å²) < 4.78 is 21.7. The van der Waals surface area contributed by atoms with Crippen LogP contribution < -0.4 is 14.8 Å². The van der Waals surface area contributed by atoms with Gasteiger partial charge in [-0.25, -0.2) is 9.59 Å². The number of ether oxygens (including phenoxy) is 4. The van der Waals surface area contributed by atoms with Crippen LogP contribution in [0.25, 0.3) is 0 Å². The number of nitrogens with one attached hydrogen (secondary N) is 1. The first-order valence-corrected chi connectivity index (χ1v) is 8.49. The average Bonchev–Trinajstić information content (AvgIpc) is 2.69. The highest BCUT2D eigenvalue weighted by Gasteiger charge is 2.25. The van der Waals surface area contributed by atoms with Crippen molar-refractivity contribution in [1.29, 1.82) is 0 Å². The van der Waals surface area contributed by atoms with E-state index in [0.29, 0.717) is 37.0 Å². The van der Waals surface area contributed by atoms with Crippen LogP contribution in [0.15, 0.2) is 24.4 Å². The van der Waals surface area contributed by atoms with E-state index in [9.17, 15) is 9.59 Å². The maximum atomic E-state index is 12.0. The van der Waals surface area contributed by atoms with Crippen molar-refractivity contribution in [3.8, 4) is 11.5 Å².